The van der Waals surface area contributed by atoms with E-state index in [1.807, 2.05) is 0 Å². The molecular formula is C14H28N2O3. The van der Waals surface area contributed by atoms with Gasteiger partial charge in [-0.2, -0.15) is 0 Å². The summed E-state index contributed by atoms with van der Waals surface area (Å²) in [5.41, 5.74) is 0. The summed E-state index contributed by atoms with van der Waals surface area (Å²) in [5, 5.41) is 9.81. The molecule has 112 valence electrons. The number of rotatable bonds is 6. The van der Waals surface area contributed by atoms with Crippen molar-refractivity contribution >= 4 is 0 Å². The predicted molar refractivity (Wildman–Crippen MR) is 74.1 cm³/mol. The van der Waals surface area contributed by atoms with Crippen LogP contribution in [0.2, 0.25) is 0 Å². The number of hydrogen-bond donors (Lipinski definition) is 1. The van der Waals surface area contributed by atoms with Crippen LogP contribution < -0.4 is 0 Å². The fourth-order valence-electron chi connectivity index (χ4n) is 2.99. The maximum Gasteiger partial charge on any atom is 0.157 e. The van der Waals surface area contributed by atoms with Gasteiger partial charge in [0.1, 0.15) is 0 Å². The van der Waals surface area contributed by atoms with Crippen LogP contribution in [0.15, 0.2) is 0 Å². The van der Waals surface area contributed by atoms with E-state index in [9.17, 15) is 5.11 Å². The van der Waals surface area contributed by atoms with Crippen LogP contribution in [-0.4, -0.2) is 80.3 Å². The molecule has 3 unspecified atom stereocenters. The van der Waals surface area contributed by atoms with Gasteiger partial charge >= 0.3 is 0 Å². The van der Waals surface area contributed by atoms with Crippen molar-refractivity contribution in [1.29, 1.82) is 0 Å². The highest BCUT2D eigenvalue weighted by molar-refractivity contribution is 4.86. The van der Waals surface area contributed by atoms with Crippen molar-refractivity contribution in [3.05, 3.63) is 0 Å². The molecule has 5 heteroatoms. The number of likely N-dealkylation sites (N-methyl/N-ethyl adjacent to an activating group) is 1. The third-order valence-corrected chi connectivity index (χ3v) is 3.90. The molecule has 0 aromatic carbocycles. The van der Waals surface area contributed by atoms with E-state index < -0.39 is 0 Å². The van der Waals surface area contributed by atoms with Crippen LogP contribution in [0.5, 0.6) is 0 Å². The van der Waals surface area contributed by atoms with E-state index >= 15 is 0 Å². The largest absolute Gasteiger partial charge is 0.392 e. The van der Waals surface area contributed by atoms with Crippen molar-refractivity contribution in [3.8, 4) is 0 Å². The monoisotopic (exact) mass is 272 g/mol. The van der Waals surface area contributed by atoms with Crippen molar-refractivity contribution in [3.63, 3.8) is 0 Å². The van der Waals surface area contributed by atoms with Gasteiger partial charge in [0.2, 0.25) is 0 Å². The molecule has 19 heavy (non-hydrogen) atoms. The summed E-state index contributed by atoms with van der Waals surface area (Å²) >= 11 is 0. The molecule has 2 aliphatic rings. The molecule has 2 rings (SSSR count). The van der Waals surface area contributed by atoms with Crippen LogP contribution >= 0.6 is 0 Å². The summed E-state index contributed by atoms with van der Waals surface area (Å²) in [6, 6.07) is 0.445. The number of aliphatic hydroxyl groups is 1. The first kappa shape index (κ1) is 15.2. The maximum atomic E-state index is 9.81. The van der Waals surface area contributed by atoms with E-state index in [0.717, 1.165) is 45.5 Å². The van der Waals surface area contributed by atoms with E-state index in [-0.39, 0.29) is 12.4 Å². The zero-order valence-corrected chi connectivity index (χ0v) is 12.3. The Balaban J connectivity index is 1.68. The molecule has 0 spiro atoms. The van der Waals surface area contributed by atoms with E-state index in [4.69, 9.17) is 9.47 Å². The van der Waals surface area contributed by atoms with Gasteiger partial charge in [-0.1, -0.05) is 0 Å². The van der Waals surface area contributed by atoms with E-state index in [2.05, 4.69) is 23.9 Å². The summed E-state index contributed by atoms with van der Waals surface area (Å²) in [5.74, 6) is 0. The Labute approximate surface area is 116 Å². The summed E-state index contributed by atoms with van der Waals surface area (Å²) < 4.78 is 11.3. The number of β-amino-alcohol motifs (C(OH)–C–C–N with tert-alkyl or cyclic N) is 1. The lowest BCUT2D eigenvalue weighted by Gasteiger charge is -2.28. The van der Waals surface area contributed by atoms with Crippen molar-refractivity contribution in [2.75, 3.05) is 46.9 Å². The highest BCUT2D eigenvalue weighted by Crippen LogP contribution is 2.19. The third-order valence-electron chi connectivity index (χ3n) is 3.90. The second kappa shape index (κ2) is 7.55. The van der Waals surface area contributed by atoms with Crippen molar-refractivity contribution < 1.29 is 14.6 Å². The molecule has 0 aromatic rings. The Morgan fingerprint density at radius 2 is 2.21 bits per heavy atom. The second-order valence-electron chi connectivity index (χ2n) is 5.97. The molecule has 2 heterocycles. The highest BCUT2D eigenvalue weighted by atomic mass is 16.7. The van der Waals surface area contributed by atoms with Gasteiger partial charge in [-0.15, -0.1) is 0 Å². The number of likely N-dealkylation sites (tertiary alicyclic amines) is 1. The number of ether oxygens (including phenoxy) is 2. The van der Waals surface area contributed by atoms with E-state index in [1.165, 1.54) is 6.42 Å². The van der Waals surface area contributed by atoms with Crippen LogP contribution in [0.4, 0.5) is 0 Å². The van der Waals surface area contributed by atoms with Crippen LogP contribution in [-0.2, 0) is 9.47 Å². The van der Waals surface area contributed by atoms with Gasteiger partial charge in [0.05, 0.1) is 12.7 Å². The molecule has 0 amide bonds. The van der Waals surface area contributed by atoms with Gasteiger partial charge in [-0.05, 0) is 39.8 Å². The van der Waals surface area contributed by atoms with E-state index in [0.29, 0.717) is 12.6 Å². The van der Waals surface area contributed by atoms with E-state index in [1.54, 1.807) is 0 Å². The van der Waals surface area contributed by atoms with Crippen LogP contribution in [0.3, 0.4) is 0 Å². The predicted octanol–water partition coefficient (Wildman–Crippen LogP) is 0.526. The molecule has 0 bridgehead atoms. The standard InChI is InChI=1S/C14H28N2O3/c1-15(2)10-12-9-13(17)11-16(12)6-8-19-14-5-3-4-7-18-14/h12-14,17H,3-11H2,1-2H3. The minimum absolute atomic E-state index is 0.00595. The average Bonchev–Trinajstić information content (AvgIpc) is 2.70. The summed E-state index contributed by atoms with van der Waals surface area (Å²) in [6.45, 7) is 4.18. The Morgan fingerprint density at radius 1 is 1.37 bits per heavy atom. The molecule has 3 atom stereocenters. The maximum absolute atomic E-state index is 9.81. The van der Waals surface area contributed by atoms with Crippen LogP contribution in [0.1, 0.15) is 25.7 Å². The molecule has 0 radical (unpaired) electrons. The zero-order chi connectivity index (χ0) is 13.7. The van der Waals surface area contributed by atoms with Gasteiger partial charge in [0.15, 0.2) is 6.29 Å². The summed E-state index contributed by atoms with van der Waals surface area (Å²) in [7, 11) is 4.16. The fraction of sp³-hybridized carbons (Fsp3) is 1.00. The highest BCUT2D eigenvalue weighted by Gasteiger charge is 2.30. The molecular weight excluding hydrogens is 244 g/mol. The number of hydrogen-bond acceptors (Lipinski definition) is 5. The first-order valence-corrected chi connectivity index (χ1v) is 7.45. The molecule has 5 nitrogen and oxygen atoms in total. The average molecular weight is 272 g/mol. The first-order valence-electron chi connectivity index (χ1n) is 7.45. The SMILES string of the molecule is CN(C)CC1CC(O)CN1CCOC1CCCCO1. The quantitative estimate of drug-likeness (QED) is 0.764. The molecule has 2 fully saturated rings. The Bertz CT molecular complexity index is 257. The molecule has 0 aromatic heterocycles. The molecule has 2 saturated heterocycles. The fourth-order valence-corrected chi connectivity index (χ4v) is 2.99. The summed E-state index contributed by atoms with van der Waals surface area (Å²) in [6.07, 6.45) is 4.06. The van der Waals surface area contributed by atoms with Crippen molar-refractivity contribution in [1.82, 2.24) is 9.80 Å². The summed E-state index contributed by atoms with van der Waals surface area (Å²) in [4.78, 5) is 4.52. The Hall–Kier alpha value is -0.200. The Kier molecular flexibility index (Phi) is 6.04. The van der Waals surface area contributed by atoms with Crippen molar-refractivity contribution in [2.45, 2.75) is 44.1 Å². The normalized spacial score (nSPS) is 33.2. The number of nitrogens with zero attached hydrogens (tertiary/aromatic N) is 2. The van der Waals surface area contributed by atoms with Gasteiger partial charge in [-0.3, -0.25) is 4.90 Å². The number of aliphatic hydroxyl groups excluding tert-OH is 1. The molecule has 0 saturated carbocycles. The smallest absolute Gasteiger partial charge is 0.157 e. The van der Waals surface area contributed by atoms with Crippen molar-refractivity contribution in [2.24, 2.45) is 0 Å². The Morgan fingerprint density at radius 3 is 2.89 bits per heavy atom. The second-order valence-corrected chi connectivity index (χ2v) is 5.97. The van der Waals surface area contributed by atoms with Gasteiger partial charge < -0.3 is 19.5 Å². The lowest BCUT2D eigenvalue weighted by molar-refractivity contribution is -0.164. The lowest BCUT2D eigenvalue weighted by atomic mass is 10.2. The van der Waals surface area contributed by atoms with Crippen LogP contribution in [0.25, 0.3) is 0 Å². The third kappa shape index (κ3) is 5.00. The molecule has 2 aliphatic heterocycles. The molecule has 1 N–H and O–H groups in total. The zero-order valence-electron chi connectivity index (χ0n) is 12.3. The first-order chi connectivity index (χ1) is 9.15. The van der Waals surface area contributed by atoms with Gasteiger partial charge in [0, 0.05) is 32.3 Å². The minimum atomic E-state index is -0.184. The van der Waals surface area contributed by atoms with Gasteiger partial charge in [0.25, 0.3) is 0 Å². The van der Waals surface area contributed by atoms with Crippen LogP contribution in [0, 0.1) is 0 Å². The lowest BCUT2D eigenvalue weighted by Crippen LogP contribution is -2.40. The minimum Gasteiger partial charge on any atom is -0.392 e. The topological polar surface area (TPSA) is 45.2 Å². The van der Waals surface area contributed by atoms with Gasteiger partial charge in [-0.25, -0.2) is 0 Å². The molecule has 0 aliphatic carbocycles.